The third kappa shape index (κ3) is 3.95. The summed E-state index contributed by atoms with van der Waals surface area (Å²) >= 11 is 0. The Morgan fingerprint density at radius 2 is 1.84 bits per heavy atom. The number of carbonyl (C=O) groups is 2. The van der Waals surface area contributed by atoms with Gasteiger partial charge in [-0.3, -0.25) is 4.79 Å². The fraction of sp³-hybridized carbons (Fsp3) is 0.174. The molecule has 0 bridgehead atoms. The third-order valence-corrected chi connectivity index (χ3v) is 5.12. The van der Waals surface area contributed by atoms with E-state index >= 15 is 0 Å². The first-order valence-corrected chi connectivity index (χ1v) is 9.41. The number of nitrogen functional groups attached to an aromatic ring is 1. The number of Topliss-reactive ketones (excluding diaryl/α,β-unsaturated/α-hetero) is 1. The zero-order valence-corrected chi connectivity index (χ0v) is 17.1. The lowest BCUT2D eigenvalue weighted by Gasteiger charge is -2.29. The Kier molecular flexibility index (Phi) is 5.82. The summed E-state index contributed by atoms with van der Waals surface area (Å²) in [6.07, 6.45) is -0.737. The summed E-state index contributed by atoms with van der Waals surface area (Å²) in [6.45, 7) is 2.62. The van der Waals surface area contributed by atoms with Crippen LogP contribution in [0.2, 0.25) is 0 Å². The molecule has 1 heterocycles. The summed E-state index contributed by atoms with van der Waals surface area (Å²) in [5.41, 5.74) is 4.01. The Morgan fingerprint density at radius 1 is 1.22 bits per heavy atom. The molecule has 2 aromatic carbocycles. The Bertz CT molecular complexity index is 1220. The molecule has 164 valence electrons. The molecule has 0 aliphatic carbocycles. The maximum atomic E-state index is 14.3. The van der Waals surface area contributed by atoms with Gasteiger partial charge in [-0.15, -0.1) is 0 Å². The minimum atomic E-state index is -4.92. The number of benzene rings is 2. The number of nitriles is 1. The lowest BCUT2D eigenvalue weighted by Crippen LogP contribution is -2.22. The van der Waals surface area contributed by atoms with Crippen molar-refractivity contribution in [3.63, 3.8) is 0 Å². The van der Waals surface area contributed by atoms with Crippen LogP contribution in [-0.4, -0.2) is 16.9 Å². The highest BCUT2D eigenvalue weighted by atomic mass is 19.4. The third-order valence-electron chi connectivity index (χ3n) is 5.12. The molecular formula is C23H18F3N3O3. The summed E-state index contributed by atoms with van der Waals surface area (Å²) in [4.78, 5) is 25.1. The first-order valence-electron chi connectivity index (χ1n) is 9.41. The van der Waals surface area contributed by atoms with Crippen LogP contribution in [0.3, 0.4) is 0 Å². The van der Waals surface area contributed by atoms with Gasteiger partial charge in [-0.25, -0.2) is 4.79 Å². The number of hydrogen-bond acceptors (Lipinski definition) is 5. The number of hydrogen-bond donors (Lipinski definition) is 2. The van der Waals surface area contributed by atoms with E-state index in [9.17, 15) is 27.9 Å². The normalized spacial score (nSPS) is 13.5. The van der Waals surface area contributed by atoms with Gasteiger partial charge in [0.05, 0.1) is 34.1 Å². The van der Waals surface area contributed by atoms with Crippen LogP contribution in [0.1, 0.15) is 40.4 Å². The molecule has 32 heavy (non-hydrogen) atoms. The number of rotatable bonds is 4. The van der Waals surface area contributed by atoms with E-state index in [-0.39, 0.29) is 45.5 Å². The average molecular weight is 441 g/mol. The Hall–Kier alpha value is -4.06. The van der Waals surface area contributed by atoms with Crippen LogP contribution in [0.15, 0.2) is 48.3 Å². The van der Waals surface area contributed by atoms with Crippen LogP contribution in [0.5, 0.6) is 0 Å². The molecule has 1 aliphatic rings. The van der Waals surface area contributed by atoms with Crippen molar-refractivity contribution in [1.29, 1.82) is 5.26 Å². The first kappa shape index (κ1) is 22.6. The Balaban J connectivity index is 2.43. The summed E-state index contributed by atoms with van der Waals surface area (Å²) < 4.78 is 42.8. The summed E-state index contributed by atoms with van der Waals surface area (Å²) in [6, 6.07) is 7.27. The van der Waals surface area contributed by atoms with E-state index in [1.54, 1.807) is 0 Å². The number of carbonyl (C=O) groups excluding carboxylic acids is 1. The standard InChI is InChI=1S/C23H18F3N3O3/c1-12-17(13(2)30)18(15-7-5-14(10-27)6-8-15)19(23(24,25)26)20(28)21(12)29-9-3-4-16(11-29)22(31)32/h3,5-9,11H,4,28H2,1-2H3,(H,31,32). The lowest BCUT2D eigenvalue weighted by molar-refractivity contribution is -0.136. The van der Waals surface area contributed by atoms with E-state index < -0.39 is 29.2 Å². The van der Waals surface area contributed by atoms with Crippen LogP contribution >= 0.6 is 0 Å². The highest BCUT2D eigenvalue weighted by Gasteiger charge is 2.41. The van der Waals surface area contributed by atoms with Gasteiger partial charge in [0.2, 0.25) is 0 Å². The number of anilines is 2. The Labute approximate surface area is 181 Å². The Morgan fingerprint density at radius 3 is 2.34 bits per heavy atom. The van der Waals surface area contributed by atoms with Gasteiger partial charge < -0.3 is 15.7 Å². The van der Waals surface area contributed by atoms with Crippen molar-refractivity contribution in [3.05, 3.63) is 70.6 Å². The highest BCUT2D eigenvalue weighted by Crippen LogP contribution is 2.49. The second-order valence-corrected chi connectivity index (χ2v) is 7.21. The van der Waals surface area contributed by atoms with Crippen LogP contribution < -0.4 is 10.6 Å². The number of nitrogens with zero attached hydrogens (tertiary/aromatic N) is 2. The number of nitrogens with two attached hydrogens (primary N) is 1. The molecule has 6 nitrogen and oxygen atoms in total. The summed E-state index contributed by atoms with van der Waals surface area (Å²) in [5.74, 6) is -1.83. The van der Waals surface area contributed by atoms with Crippen molar-refractivity contribution in [2.45, 2.75) is 26.4 Å². The average Bonchev–Trinajstić information content (AvgIpc) is 2.72. The molecule has 0 aromatic heterocycles. The second kappa shape index (κ2) is 8.23. The maximum absolute atomic E-state index is 14.3. The predicted octanol–water partition coefficient (Wildman–Crippen LogP) is 5.03. The van der Waals surface area contributed by atoms with Gasteiger partial charge in [-0.05, 0) is 37.1 Å². The van der Waals surface area contributed by atoms with E-state index in [2.05, 4.69) is 0 Å². The molecule has 0 unspecified atom stereocenters. The van der Waals surface area contributed by atoms with Crippen molar-refractivity contribution in [2.24, 2.45) is 0 Å². The van der Waals surface area contributed by atoms with Crippen LogP contribution in [-0.2, 0) is 11.0 Å². The van der Waals surface area contributed by atoms with Crippen molar-refractivity contribution < 1.29 is 27.9 Å². The van der Waals surface area contributed by atoms with E-state index in [1.165, 1.54) is 54.6 Å². The van der Waals surface area contributed by atoms with Crippen molar-refractivity contribution >= 4 is 23.1 Å². The van der Waals surface area contributed by atoms with Gasteiger partial charge >= 0.3 is 12.1 Å². The minimum Gasteiger partial charge on any atom is -0.478 e. The molecule has 0 amide bonds. The van der Waals surface area contributed by atoms with Crippen LogP contribution in [0.4, 0.5) is 24.5 Å². The number of allylic oxidation sites excluding steroid dienone is 1. The number of ketones is 1. The number of halogens is 3. The highest BCUT2D eigenvalue weighted by molar-refractivity contribution is 6.07. The van der Waals surface area contributed by atoms with Crippen molar-refractivity contribution in [1.82, 2.24) is 0 Å². The monoisotopic (exact) mass is 441 g/mol. The van der Waals surface area contributed by atoms with E-state index in [1.807, 2.05) is 6.07 Å². The van der Waals surface area contributed by atoms with E-state index in [0.717, 1.165) is 6.92 Å². The van der Waals surface area contributed by atoms with Crippen molar-refractivity contribution in [3.8, 4) is 17.2 Å². The largest absolute Gasteiger partial charge is 0.478 e. The van der Waals surface area contributed by atoms with Gasteiger partial charge in [-0.2, -0.15) is 18.4 Å². The van der Waals surface area contributed by atoms with Gasteiger partial charge in [0.15, 0.2) is 5.78 Å². The van der Waals surface area contributed by atoms with Crippen LogP contribution in [0.25, 0.3) is 11.1 Å². The molecule has 0 atom stereocenters. The fourth-order valence-corrected chi connectivity index (χ4v) is 3.79. The second-order valence-electron chi connectivity index (χ2n) is 7.21. The van der Waals surface area contributed by atoms with Gasteiger partial charge in [0.1, 0.15) is 0 Å². The number of carboxylic acids is 1. The summed E-state index contributed by atoms with van der Waals surface area (Å²) in [7, 11) is 0. The number of aliphatic carboxylic acids is 1. The topological polar surface area (TPSA) is 107 Å². The molecule has 2 aromatic rings. The summed E-state index contributed by atoms with van der Waals surface area (Å²) in [5, 5.41) is 18.3. The van der Waals surface area contributed by atoms with E-state index in [0.29, 0.717) is 0 Å². The predicted molar refractivity (Wildman–Crippen MR) is 113 cm³/mol. The molecular weight excluding hydrogens is 423 g/mol. The minimum absolute atomic E-state index is 0.0413. The first-order chi connectivity index (χ1) is 15.0. The van der Waals surface area contributed by atoms with Gasteiger partial charge in [0.25, 0.3) is 0 Å². The molecule has 0 spiro atoms. The van der Waals surface area contributed by atoms with E-state index in [4.69, 9.17) is 11.0 Å². The van der Waals surface area contributed by atoms with Gasteiger partial charge in [0, 0.05) is 29.9 Å². The van der Waals surface area contributed by atoms with Gasteiger partial charge in [-0.1, -0.05) is 18.2 Å². The number of carboxylic acid groups (broad SMARTS) is 1. The molecule has 0 fully saturated rings. The molecule has 3 N–H and O–H groups in total. The molecule has 1 aliphatic heterocycles. The molecule has 9 heteroatoms. The fourth-order valence-electron chi connectivity index (χ4n) is 3.79. The molecule has 3 rings (SSSR count). The SMILES string of the molecule is CC(=O)c1c(C)c(N2C=CCC(C(=O)O)=C2)c(N)c(C(F)(F)F)c1-c1ccc(C#N)cc1. The number of alkyl halides is 3. The molecule has 0 saturated heterocycles. The molecule has 0 saturated carbocycles. The lowest BCUT2D eigenvalue weighted by atomic mass is 9.86. The smallest absolute Gasteiger partial charge is 0.419 e. The zero-order chi connectivity index (χ0) is 23.8. The van der Waals surface area contributed by atoms with Crippen molar-refractivity contribution in [2.75, 3.05) is 10.6 Å². The quantitative estimate of drug-likeness (QED) is 0.509. The van der Waals surface area contributed by atoms with Crippen LogP contribution in [0, 0.1) is 18.3 Å². The zero-order valence-electron chi connectivity index (χ0n) is 17.1. The molecule has 0 radical (unpaired) electrons. The maximum Gasteiger partial charge on any atom is 0.419 e.